The zero-order chi connectivity index (χ0) is 14.4. The maximum atomic E-state index is 9.39. The fourth-order valence-electron chi connectivity index (χ4n) is 3.62. The lowest BCUT2D eigenvalue weighted by Crippen LogP contribution is -2.40. The molecule has 1 saturated carbocycles. The Labute approximate surface area is 123 Å². The number of likely N-dealkylation sites (N-methyl/N-ethyl adjacent to an activating group) is 1. The van der Waals surface area contributed by atoms with Gasteiger partial charge >= 0.3 is 0 Å². The number of nitrogens with one attached hydrogen (secondary N) is 1. The van der Waals surface area contributed by atoms with Crippen molar-refractivity contribution in [2.75, 3.05) is 6.54 Å². The first-order chi connectivity index (χ1) is 9.72. The highest BCUT2D eigenvalue weighted by Crippen LogP contribution is 2.33. The Kier molecular flexibility index (Phi) is 5.90. The van der Waals surface area contributed by atoms with Gasteiger partial charge in [0.25, 0.3) is 0 Å². The Bertz CT molecular complexity index is 387. The number of aromatic hydroxyl groups is 1. The van der Waals surface area contributed by atoms with Crippen LogP contribution in [0.15, 0.2) is 24.3 Å². The number of phenolic OH excluding ortho intramolecular Hbond substituents is 1. The third kappa shape index (κ3) is 4.24. The first-order valence-corrected chi connectivity index (χ1v) is 8.24. The molecule has 1 aromatic rings. The summed E-state index contributed by atoms with van der Waals surface area (Å²) in [5.74, 6) is 2.09. The summed E-state index contributed by atoms with van der Waals surface area (Å²) in [6.07, 6.45) is 7.97. The molecule has 0 aliphatic heterocycles. The molecule has 1 aliphatic rings. The van der Waals surface area contributed by atoms with Gasteiger partial charge in [0.05, 0.1) is 0 Å². The van der Waals surface area contributed by atoms with Gasteiger partial charge in [-0.3, -0.25) is 0 Å². The van der Waals surface area contributed by atoms with Crippen LogP contribution in [-0.4, -0.2) is 17.7 Å². The molecule has 3 atom stereocenters. The Hall–Kier alpha value is -1.02. The highest BCUT2D eigenvalue weighted by atomic mass is 16.3. The van der Waals surface area contributed by atoms with Gasteiger partial charge in [-0.1, -0.05) is 45.2 Å². The predicted octanol–water partition coefficient (Wildman–Crippen LogP) is 4.13. The maximum absolute atomic E-state index is 9.39. The number of benzene rings is 1. The summed E-state index contributed by atoms with van der Waals surface area (Å²) in [6, 6.07) is 8.29. The van der Waals surface area contributed by atoms with Crippen LogP contribution < -0.4 is 5.32 Å². The normalized spacial score (nSPS) is 24.5. The van der Waals surface area contributed by atoms with E-state index < -0.39 is 0 Å². The van der Waals surface area contributed by atoms with Crippen LogP contribution in [0.2, 0.25) is 0 Å². The number of hydrogen-bond donors (Lipinski definition) is 2. The molecule has 0 radical (unpaired) electrons. The van der Waals surface area contributed by atoms with E-state index in [0.717, 1.165) is 24.8 Å². The van der Waals surface area contributed by atoms with Gasteiger partial charge in [-0.15, -0.1) is 0 Å². The number of rotatable bonds is 6. The minimum atomic E-state index is 0.359. The molecular formula is C18H29NO. The van der Waals surface area contributed by atoms with Crippen LogP contribution in [-0.2, 0) is 6.42 Å². The number of hydrogen-bond acceptors (Lipinski definition) is 2. The molecular weight excluding hydrogens is 246 g/mol. The van der Waals surface area contributed by atoms with E-state index >= 15 is 0 Å². The Morgan fingerprint density at radius 1 is 1.20 bits per heavy atom. The third-order valence-electron chi connectivity index (χ3n) is 4.83. The molecule has 0 saturated heterocycles. The van der Waals surface area contributed by atoms with E-state index in [1.165, 1.54) is 37.7 Å². The van der Waals surface area contributed by atoms with Crippen molar-refractivity contribution in [3.05, 3.63) is 29.8 Å². The van der Waals surface area contributed by atoms with E-state index in [4.69, 9.17) is 0 Å². The highest BCUT2D eigenvalue weighted by molar-refractivity contribution is 5.26. The third-order valence-corrected chi connectivity index (χ3v) is 4.83. The molecule has 0 spiro atoms. The minimum Gasteiger partial charge on any atom is -0.508 e. The van der Waals surface area contributed by atoms with Crippen molar-refractivity contribution in [3.8, 4) is 5.75 Å². The van der Waals surface area contributed by atoms with Crippen molar-refractivity contribution < 1.29 is 5.11 Å². The van der Waals surface area contributed by atoms with Gasteiger partial charge in [0.2, 0.25) is 0 Å². The van der Waals surface area contributed by atoms with Crippen molar-refractivity contribution in [1.82, 2.24) is 5.32 Å². The van der Waals surface area contributed by atoms with E-state index in [1.807, 2.05) is 0 Å². The van der Waals surface area contributed by atoms with Crippen molar-refractivity contribution in [1.29, 1.82) is 0 Å². The van der Waals surface area contributed by atoms with E-state index in [0.29, 0.717) is 11.8 Å². The van der Waals surface area contributed by atoms with Crippen LogP contribution in [0.4, 0.5) is 0 Å². The zero-order valence-corrected chi connectivity index (χ0v) is 12.9. The van der Waals surface area contributed by atoms with Gasteiger partial charge in [0, 0.05) is 6.04 Å². The van der Waals surface area contributed by atoms with Crippen LogP contribution in [0.25, 0.3) is 0 Å². The Morgan fingerprint density at radius 2 is 1.95 bits per heavy atom. The molecule has 0 aromatic heterocycles. The SMILES string of the molecule is CCNC(Cc1ccc(O)cc1)C1CCCC(CC)C1. The quantitative estimate of drug-likeness (QED) is 0.818. The summed E-state index contributed by atoms with van der Waals surface area (Å²) in [6.45, 7) is 5.56. The van der Waals surface area contributed by atoms with Crippen molar-refractivity contribution in [2.24, 2.45) is 11.8 Å². The van der Waals surface area contributed by atoms with E-state index in [-0.39, 0.29) is 0 Å². The lowest BCUT2D eigenvalue weighted by atomic mass is 9.75. The van der Waals surface area contributed by atoms with Crippen molar-refractivity contribution in [3.63, 3.8) is 0 Å². The summed E-state index contributed by atoms with van der Waals surface area (Å²) in [7, 11) is 0. The zero-order valence-electron chi connectivity index (χ0n) is 12.9. The largest absolute Gasteiger partial charge is 0.508 e. The molecule has 2 rings (SSSR count). The second-order valence-corrected chi connectivity index (χ2v) is 6.24. The molecule has 20 heavy (non-hydrogen) atoms. The van der Waals surface area contributed by atoms with Gasteiger partial charge in [0.1, 0.15) is 5.75 Å². The second-order valence-electron chi connectivity index (χ2n) is 6.24. The second kappa shape index (κ2) is 7.68. The molecule has 2 N–H and O–H groups in total. The van der Waals surface area contributed by atoms with Gasteiger partial charge in [-0.25, -0.2) is 0 Å². The summed E-state index contributed by atoms with van der Waals surface area (Å²) < 4.78 is 0. The molecule has 1 fully saturated rings. The summed E-state index contributed by atoms with van der Waals surface area (Å²) in [5.41, 5.74) is 1.33. The smallest absolute Gasteiger partial charge is 0.115 e. The first-order valence-electron chi connectivity index (χ1n) is 8.24. The standard InChI is InChI=1S/C18H29NO/c1-3-14-6-5-7-16(12-14)18(19-4-2)13-15-8-10-17(20)11-9-15/h8-11,14,16,18-20H,3-7,12-13H2,1-2H3. The van der Waals surface area contributed by atoms with Crippen LogP contribution in [0.5, 0.6) is 5.75 Å². The van der Waals surface area contributed by atoms with Crippen LogP contribution >= 0.6 is 0 Å². The van der Waals surface area contributed by atoms with Crippen LogP contribution in [0, 0.1) is 11.8 Å². The molecule has 2 heteroatoms. The topological polar surface area (TPSA) is 32.3 Å². The molecule has 112 valence electrons. The summed E-state index contributed by atoms with van der Waals surface area (Å²) >= 11 is 0. The summed E-state index contributed by atoms with van der Waals surface area (Å²) in [4.78, 5) is 0. The van der Waals surface area contributed by atoms with Crippen LogP contribution in [0.3, 0.4) is 0 Å². The van der Waals surface area contributed by atoms with Gasteiger partial charge in [0.15, 0.2) is 0 Å². The molecule has 0 bridgehead atoms. The summed E-state index contributed by atoms with van der Waals surface area (Å²) in [5, 5.41) is 13.1. The number of phenols is 1. The van der Waals surface area contributed by atoms with Gasteiger partial charge in [-0.05, 0) is 55.3 Å². The average molecular weight is 275 g/mol. The van der Waals surface area contributed by atoms with Gasteiger partial charge < -0.3 is 10.4 Å². The molecule has 1 aliphatic carbocycles. The molecule has 3 unspecified atom stereocenters. The Morgan fingerprint density at radius 3 is 2.60 bits per heavy atom. The minimum absolute atomic E-state index is 0.359. The highest BCUT2D eigenvalue weighted by Gasteiger charge is 2.27. The van der Waals surface area contributed by atoms with E-state index in [1.54, 1.807) is 12.1 Å². The fourth-order valence-corrected chi connectivity index (χ4v) is 3.62. The maximum Gasteiger partial charge on any atom is 0.115 e. The first kappa shape index (κ1) is 15.4. The lowest BCUT2D eigenvalue weighted by Gasteiger charge is -2.35. The Balaban J connectivity index is 2.00. The average Bonchev–Trinajstić information content (AvgIpc) is 2.49. The van der Waals surface area contributed by atoms with Crippen LogP contribution in [0.1, 0.15) is 51.5 Å². The molecule has 2 nitrogen and oxygen atoms in total. The fraction of sp³-hybridized carbons (Fsp3) is 0.667. The molecule has 0 heterocycles. The predicted molar refractivity (Wildman–Crippen MR) is 85.0 cm³/mol. The monoisotopic (exact) mass is 275 g/mol. The van der Waals surface area contributed by atoms with Crippen molar-refractivity contribution in [2.45, 2.75) is 58.4 Å². The van der Waals surface area contributed by atoms with E-state index in [2.05, 4.69) is 31.3 Å². The molecule has 0 amide bonds. The van der Waals surface area contributed by atoms with Gasteiger partial charge in [-0.2, -0.15) is 0 Å². The lowest BCUT2D eigenvalue weighted by molar-refractivity contribution is 0.208. The van der Waals surface area contributed by atoms with Crippen molar-refractivity contribution >= 4 is 0 Å². The van der Waals surface area contributed by atoms with E-state index in [9.17, 15) is 5.11 Å². The molecule has 1 aromatic carbocycles.